The fourth-order valence-corrected chi connectivity index (χ4v) is 1.52. The Kier molecular flexibility index (Phi) is 5.89. The minimum Gasteiger partial charge on any atom is -0.465 e. The number of aryl methyl sites for hydroxylation is 1. The van der Waals surface area contributed by atoms with Crippen LogP contribution in [-0.4, -0.2) is 48.7 Å². The molecule has 0 fully saturated rings. The Hall–Kier alpha value is -2.18. The average Bonchev–Trinajstić information content (AvgIpc) is 2.38. The lowest BCUT2D eigenvalue weighted by atomic mass is 10.2. The smallest absolute Gasteiger partial charge is 0.341 e. The third-order valence-electron chi connectivity index (χ3n) is 2.47. The van der Waals surface area contributed by atoms with E-state index in [0.717, 1.165) is 0 Å². The van der Waals surface area contributed by atoms with Crippen LogP contribution in [0.5, 0.6) is 0 Å². The molecule has 0 saturated carbocycles. The molecule has 0 spiro atoms. The van der Waals surface area contributed by atoms with Crippen LogP contribution in [0, 0.1) is 6.92 Å². The first-order valence-electron chi connectivity index (χ1n) is 6.37. The Labute approximate surface area is 117 Å². The van der Waals surface area contributed by atoms with Gasteiger partial charge >= 0.3 is 11.9 Å². The summed E-state index contributed by atoms with van der Waals surface area (Å²) in [5.74, 6) is -0.459. The van der Waals surface area contributed by atoms with Gasteiger partial charge in [-0.2, -0.15) is 0 Å². The van der Waals surface area contributed by atoms with E-state index in [0.29, 0.717) is 30.4 Å². The largest absolute Gasteiger partial charge is 0.465 e. The molecule has 1 aromatic heterocycles. The zero-order chi connectivity index (χ0) is 15.1. The molecule has 1 heterocycles. The molecule has 0 bridgehead atoms. The highest BCUT2D eigenvalue weighted by molar-refractivity contribution is 5.90. The number of nitrogens with zero attached hydrogens (tertiary/aromatic N) is 3. The Morgan fingerprint density at radius 3 is 2.45 bits per heavy atom. The van der Waals surface area contributed by atoms with Gasteiger partial charge < -0.3 is 14.4 Å². The third-order valence-corrected chi connectivity index (χ3v) is 2.47. The highest BCUT2D eigenvalue weighted by atomic mass is 16.5. The number of carbonyl (C=O) groups is 2. The van der Waals surface area contributed by atoms with Crippen molar-refractivity contribution in [3.63, 3.8) is 0 Å². The van der Waals surface area contributed by atoms with E-state index < -0.39 is 5.97 Å². The zero-order valence-corrected chi connectivity index (χ0v) is 12.2. The summed E-state index contributed by atoms with van der Waals surface area (Å²) in [7, 11) is 1.68. The van der Waals surface area contributed by atoms with E-state index >= 15 is 0 Å². The predicted molar refractivity (Wildman–Crippen MR) is 72.6 cm³/mol. The van der Waals surface area contributed by atoms with Gasteiger partial charge in [0.05, 0.1) is 24.5 Å². The lowest BCUT2D eigenvalue weighted by Gasteiger charge is -2.16. The van der Waals surface area contributed by atoms with Crippen molar-refractivity contribution >= 4 is 17.9 Å². The second-order valence-corrected chi connectivity index (χ2v) is 4.05. The first kappa shape index (κ1) is 15.9. The first-order chi connectivity index (χ1) is 9.49. The molecule has 0 saturated heterocycles. The number of likely N-dealkylation sites (N-methyl/N-ethyl adjacent to an activating group) is 1. The van der Waals surface area contributed by atoms with E-state index in [1.165, 1.54) is 6.20 Å². The summed E-state index contributed by atoms with van der Waals surface area (Å²) in [6, 6.07) is 0. The first-order valence-corrected chi connectivity index (χ1v) is 6.37. The van der Waals surface area contributed by atoms with Crippen molar-refractivity contribution in [2.45, 2.75) is 20.8 Å². The number of hydrogen-bond acceptors (Lipinski definition) is 7. The molecular formula is C13H19N3O4. The molecule has 20 heavy (non-hydrogen) atoms. The van der Waals surface area contributed by atoms with Crippen molar-refractivity contribution in [1.29, 1.82) is 0 Å². The van der Waals surface area contributed by atoms with Gasteiger partial charge in [0.1, 0.15) is 6.54 Å². The topological polar surface area (TPSA) is 81.6 Å². The molecule has 0 N–H and O–H groups in total. The number of rotatable bonds is 6. The minimum atomic E-state index is -0.454. The quantitative estimate of drug-likeness (QED) is 0.718. The van der Waals surface area contributed by atoms with Gasteiger partial charge in [0, 0.05) is 13.2 Å². The highest BCUT2D eigenvalue weighted by Gasteiger charge is 2.15. The van der Waals surface area contributed by atoms with Gasteiger partial charge in [-0.3, -0.25) is 4.79 Å². The third kappa shape index (κ3) is 4.18. The van der Waals surface area contributed by atoms with Gasteiger partial charge in [-0.1, -0.05) is 0 Å². The molecule has 0 aliphatic rings. The van der Waals surface area contributed by atoms with Crippen LogP contribution in [0.2, 0.25) is 0 Å². The molecule has 0 unspecified atom stereocenters. The van der Waals surface area contributed by atoms with Crippen LogP contribution in [0.1, 0.15) is 29.9 Å². The van der Waals surface area contributed by atoms with Crippen LogP contribution in [-0.2, 0) is 14.3 Å². The molecule has 7 heteroatoms. The Balaban J connectivity index is 2.81. The molecule has 0 amide bonds. The number of carbonyl (C=O) groups excluding carboxylic acids is 2. The SMILES string of the molecule is CCOC(=O)CN(C)c1ncc(C(=O)OCC)c(C)n1. The van der Waals surface area contributed by atoms with Gasteiger partial charge in [-0.05, 0) is 20.8 Å². The molecular weight excluding hydrogens is 262 g/mol. The monoisotopic (exact) mass is 281 g/mol. The molecule has 0 aliphatic carbocycles. The summed E-state index contributed by atoms with van der Waals surface area (Å²) < 4.78 is 9.75. The molecule has 110 valence electrons. The molecule has 1 rings (SSSR count). The van der Waals surface area contributed by atoms with Crippen molar-refractivity contribution in [2.24, 2.45) is 0 Å². The van der Waals surface area contributed by atoms with Crippen LogP contribution in [0.15, 0.2) is 6.20 Å². The van der Waals surface area contributed by atoms with E-state index in [9.17, 15) is 9.59 Å². The minimum absolute atomic E-state index is 0.0477. The summed E-state index contributed by atoms with van der Waals surface area (Å²) in [6.07, 6.45) is 1.40. The van der Waals surface area contributed by atoms with Gasteiger partial charge in [0.2, 0.25) is 5.95 Å². The van der Waals surface area contributed by atoms with E-state index in [4.69, 9.17) is 9.47 Å². The molecule has 1 aromatic rings. The number of hydrogen-bond donors (Lipinski definition) is 0. The normalized spacial score (nSPS) is 10.0. The number of aromatic nitrogens is 2. The van der Waals surface area contributed by atoms with Gasteiger partial charge in [-0.15, -0.1) is 0 Å². The van der Waals surface area contributed by atoms with Crippen molar-refractivity contribution < 1.29 is 19.1 Å². The molecule has 0 radical (unpaired) electrons. The lowest BCUT2D eigenvalue weighted by Crippen LogP contribution is -2.29. The van der Waals surface area contributed by atoms with Crippen molar-refractivity contribution in [2.75, 3.05) is 31.7 Å². The second-order valence-electron chi connectivity index (χ2n) is 4.05. The Morgan fingerprint density at radius 2 is 1.90 bits per heavy atom. The molecule has 0 atom stereocenters. The Bertz CT molecular complexity index is 491. The molecule has 0 aromatic carbocycles. The van der Waals surface area contributed by atoms with Crippen LogP contribution >= 0.6 is 0 Å². The van der Waals surface area contributed by atoms with E-state index in [1.54, 1.807) is 32.7 Å². The van der Waals surface area contributed by atoms with Crippen LogP contribution in [0.3, 0.4) is 0 Å². The maximum atomic E-state index is 11.6. The van der Waals surface area contributed by atoms with E-state index in [2.05, 4.69) is 9.97 Å². The van der Waals surface area contributed by atoms with Crippen LogP contribution in [0.25, 0.3) is 0 Å². The highest BCUT2D eigenvalue weighted by Crippen LogP contribution is 2.11. The lowest BCUT2D eigenvalue weighted by molar-refractivity contribution is -0.141. The maximum Gasteiger partial charge on any atom is 0.341 e. The van der Waals surface area contributed by atoms with Crippen molar-refractivity contribution in [1.82, 2.24) is 9.97 Å². The maximum absolute atomic E-state index is 11.6. The molecule has 0 aliphatic heterocycles. The van der Waals surface area contributed by atoms with Gasteiger partial charge in [-0.25, -0.2) is 14.8 Å². The summed E-state index contributed by atoms with van der Waals surface area (Å²) >= 11 is 0. The van der Waals surface area contributed by atoms with Crippen LogP contribution < -0.4 is 4.90 Å². The second kappa shape index (κ2) is 7.42. The zero-order valence-electron chi connectivity index (χ0n) is 12.2. The van der Waals surface area contributed by atoms with Gasteiger partial charge in [0.15, 0.2) is 0 Å². The summed E-state index contributed by atoms with van der Waals surface area (Å²) in [5, 5.41) is 0. The summed E-state index contributed by atoms with van der Waals surface area (Å²) in [5.41, 5.74) is 0.823. The fraction of sp³-hybridized carbons (Fsp3) is 0.538. The Morgan fingerprint density at radius 1 is 1.25 bits per heavy atom. The standard InChI is InChI=1S/C13H19N3O4/c1-5-19-11(17)8-16(4)13-14-7-10(9(3)15-13)12(18)20-6-2/h7H,5-6,8H2,1-4H3. The van der Waals surface area contributed by atoms with Crippen molar-refractivity contribution in [3.8, 4) is 0 Å². The summed E-state index contributed by atoms with van der Waals surface area (Å²) in [6.45, 7) is 5.83. The van der Waals surface area contributed by atoms with Gasteiger partial charge in [0.25, 0.3) is 0 Å². The fourth-order valence-electron chi connectivity index (χ4n) is 1.52. The van der Waals surface area contributed by atoms with Crippen molar-refractivity contribution in [3.05, 3.63) is 17.5 Å². The van der Waals surface area contributed by atoms with E-state index in [1.807, 2.05) is 0 Å². The summed E-state index contributed by atoms with van der Waals surface area (Å²) in [4.78, 5) is 32.8. The number of ether oxygens (including phenoxy) is 2. The number of esters is 2. The van der Waals surface area contributed by atoms with Crippen LogP contribution in [0.4, 0.5) is 5.95 Å². The number of anilines is 1. The van der Waals surface area contributed by atoms with E-state index in [-0.39, 0.29) is 12.5 Å². The molecule has 7 nitrogen and oxygen atoms in total. The predicted octanol–water partition coefficient (Wildman–Crippen LogP) is 0.961. The average molecular weight is 281 g/mol.